The molecule has 0 radical (unpaired) electrons. The van der Waals surface area contributed by atoms with Crippen LogP contribution in [0.15, 0.2) is 24.5 Å². The number of rotatable bonds is 5. The van der Waals surface area contributed by atoms with Crippen LogP contribution in [0, 0.1) is 5.92 Å². The zero-order chi connectivity index (χ0) is 19.2. The maximum absolute atomic E-state index is 13.1. The molecule has 2 aliphatic heterocycles. The molecule has 0 bridgehead atoms. The zero-order valence-corrected chi connectivity index (χ0v) is 15.5. The van der Waals surface area contributed by atoms with Crippen LogP contribution in [0.1, 0.15) is 55.3 Å². The Balaban J connectivity index is 1.64. The van der Waals surface area contributed by atoms with Crippen LogP contribution in [-0.4, -0.2) is 63.4 Å². The van der Waals surface area contributed by atoms with Crippen LogP contribution in [0.2, 0.25) is 0 Å². The number of aromatic nitrogens is 1. The largest absolute Gasteiger partial charge is 0.481 e. The molecule has 0 aliphatic carbocycles. The van der Waals surface area contributed by atoms with E-state index in [9.17, 15) is 14.4 Å². The van der Waals surface area contributed by atoms with Crippen LogP contribution in [-0.2, 0) is 9.59 Å². The molecule has 2 atom stereocenters. The predicted octanol–water partition coefficient (Wildman–Crippen LogP) is 2.18. The normalized spacial score (nSPS) is 23.1. The number of carboxylic acids is 1. The number of carbonyl (C=O) groups is 3. The molecule has 2 unspecified atom stereocenters. The first-order valence-corrected chi connectivity index (χ1v) is 9.78. The van der Waals surface area contributed by atoms with Gasteiger partial charge in [-0.2, -0.15) is 0 Å². The number of aliphatic carboxylic acids is 1. The quantitative estimate of drug-likeness (QED) is 0.854. The molecule has 1 N–H and O–H groups in total. The third-order valence-corrected chi connectivity index (χ3v) is 5.59. The molecule has 1 aromatic rings. The summed E-state index contributed by atoms with van der Waals surface area (Å²) in [6.07, 6.45) is 8.24. The fourth-order valence-electron chi connectivity index (χ4n) is 4.16. The van der Waals surface area contributed by atoms with Gasteiger partial charge in [-0.25, -0.2) is 0 Å². The monoisotopic (exact) mass is 373 g/mol. The Kier molecular flexibility index (Phi) is 6.42. The lowest BCUT2D eigenvalue weighted by atomic mass is 9.92. The lowest BCUT2D eigenvalue weighted by Gasteiger charge is -2.40. The van der Waals surface area contributed by atoms with E-state index in [0.717, 1.165) is 32.1 Å². The molecule has 2 aliphatic rings. The molecule has 27 heavy (non-hydrogen) atoms. The molecule has 7 nitrogen and oxygen atoms in total. The fraction of sp³-hybridized carbons (Fsp3) is 0.600. The summed E-state index contributed by atoms with van der Waals surface area (Å²) in [5.74, 6) is -0.997. The summed E-state index contributed by atoms with van der Waals surface area (Å²) < 4.78 is 0. The molecule has 2 amide bonds. The second-order valence-electron chi connectivity index (χ2n) is 7.44. The molecule has 1 aromatic heterocycles. The van der Waals surface area contributed by atoms with Gasteiger partial charge in [0, 0.05) is 50.1 Å². The number of nitrogens with zero attached hydrogens (tertiary/aromatic N) is 3. The number of amides is 2. The van der Waals surface area contributed by atoms with Crippen molar-refractivity contribution in [2.75, 3.05) is 19.6 Å². The number of piperidine rings is 2. The zero-order valence-electron chi connectivity index (χ0n) is 15.5. The van der Waals surface area contributed by atoms with Gasteiger partial charge in [0.05, 0.1) is 5.92 Å². The van der Waals surface area contributed by atoms with Crippen LogP contribution in [0.3, 0.4) is 0 Å². The van der Waals surface area contributed by atoms with Crippen LogP contribution in [0.4, 0.5) is 0 Å². The van der Waals surface area contributed by atoms with Gasteiger partial charge in [0.25, 0.3) is 5.91 Å². The molecule has 2 fully saturated rings. The summed E-state index contributed by atoms with van der Waals surface area (Å²) in [4.78, 5) is 44.3. The van der Waals surface area contributed by atoms with E-state index in [1.165, 1.54) is 0 Å². The molecule has 146 valence electrons. The number of hydrogen-bond donors (Lipinski definition) is 1. The van der Waals surface area contributed by atoms with Crippen LogP contribution in [0.25, 0.3) is 0 Å². The Morgan fingerprint density at radius 1 is 1.07 bits per heavy atom. The van der Waals surface area contributed by atoms with Crippen molar-refractivity contribution >= 4 is 17.8 Å². The highest BCUT2D eigenvalue weighted by Crippen LogP contribution is 2.27. The van der Waals surface area contributed by atoms with Gasteiger partial charge in [0.1, 0.15) is 0 Å². The number of hydrogen-bond acceptors (Lipinski definition) is 4. The maximum Gasteiger partial charge on any atom is 0.303 e. The number of pyridine rings is 1. The summed E-state index contributed by atoms with van der Waals surface area (Å²) in [7, 11) is 0. The van der Waals surface area contributed by atoms with Gasteiger partial charge in [-0.3, -0.25) is 19.4 Å². The Labute approximate surface area is 159 Å². The molecule has 0 saturated carbocycles. The smallest absolute Gasteiger partial charge is 0.303 e. The Morgan fingerprint density at radius 2 is 1.85 bits per heavy atom. The molecular weight excluding hydrogens is 346 g/mol. The van der Waals surface area contributed by atoms with Gasteiger partial charge in [-0.1, -0.05) is 0 Å². The van der Waals surface area contributed by atoms with Crippen molar-refractivity contribution in [1.29, 1.82) is 0 Å². The highest BCUT2D eigenvalue weighted by molar-refractivity contribution is 5.94. The van der Waals surface area contributed by atoms with Gasteiger partial charge in [0.15, 0.2) is 0 Å². The standard InChI is InChI=1S/C20H27N3O4/c24-18(25)7-6-17-5-1-2-13-23(17)20(27)16-4-3-12-22(14-16)19(26)15-8-10-21-11-9-15/h8-11,16-17H,1-7,12-14H2,(H,24,25). The highest BCUT2D eigenvalue weighted by atomic mass is 16.4. The Morgan fingerprint density at radius 3 is 2.59 bits per heavy atom. The van der Waals surface area contributed by atoms with Gasteiger partial charge < -0.3 is 14.9 Å². The van der Waals surface area contributed by atoms with Gasteiger partial charge in [0.2, 0.25) is 5.91 Å². The summed E-state index contributed by atoms with van der Waals surface area (Å²) in [6.45, 7) is 1.79. The second-order valence-corrected chi connectivity index (χ2v) is 7.44. The summed E-state index contributed by atoms with van der Waals surface area (Å²) in [5, 5.41) is 8.97. The Bertz CT molecular complexity index is 679. The SMILES string of the molecule is O=C(O)CCC1CCCCN1C(=O)C1CCCN(C(=O)c2ccncc2)C1. The van der Waals surface area contributed by atoms with E-state index in [1.54, 1.807) is 29.4 Å². The van der Waals surface area contributed by atoms with Crippen LogP contribution >= 0.6 is 0 Å². The van der Waals surface area contributed by atoms with Gasteiger partial charge >= 0.3 is 5.97 Å². The summed E-state index contributed by atoms with van der Waals surface area (Å²) in [6, 6.07) is 3.40. The van der Waals surface area contributed by atoms with E-state index in [1.807, 2.05) is 4.90 Å². The number of carbonyl (C=O) groups excluding carboxylic acids is 2. The van der Waals surface area contributed by atoms with Crippen molar-refractivity contribution in [2.24, 2.45) is 5.92 Å². The topological polar surface area (TPSA) is 90.8 Å². The molecule has 0 spiro atoms. The molecular formula is C20H27N3O4. The van der Waals surface area contributed by atoms with Crippen LogP contribution in [0.5, 0.6) is 0 Å². The van der Waals surface area contributed by atoms with Crippen molar-refractivity contribution in [3.63, 3.8) is 0 Å². The Hall–Kier alpha value is -2.44. The lowest BCUT2D eigenvalue weighted by molar-refractivity contribution is -0.143. The fourth-order valence-corrected chi connectivity index (χ4v) is 4.16. The molecule has 3 heterocycles. The number of likely N-dealkylation sites (tertiary alicyclic amines) is 2. The molecule has 0 aromatic carbocycles. The molecule has 3 rings (SSSR count). The first-order chi connectivity index (χ1) is 13.1. The molecule has 2 saturated heterocycles. The lowest BCUT2D eigenvalue weighted by Crippen LogP contribution is -2.51. The minimum Gasteiger partial charge on any atom is -0.481 e. The van der Waals surface area contributed by atoms with Crippen LogP contribution < -0.4 is 0 Å². The second kappa shape index (κ2) is 8.97. The average Bonchev–Trinajstić information content (AvgIpc) is 2.72. The maximum atomic E-state index is 13.1. The van der Waals surface area contributed by atoms with E-state index in [2.05, 4.69) is 4.98 Å². The van der Waals surface area contributed by atoms with Crippen molar-refractivity contribution in [3.8, 4) is 0 Å². The van der Waals surface area contributed by atoms with E-state index in [-0.39, 0.29) is 30.2 Å². The number of carboxylic acid groups (broad SMARTS) is 1. The van der Waals surface area contributed by atoms with Crippen molar-refractivity contribution in [1.82, 2.24) is 14.8 Å². The molecule has 7 heteroatoms. The van der Waals surface area contributed by atoms with E-state index >= 15 is 0 Å². The van der Waals surface area contributed by atoms with Gasteiger partial charge in [-0.15, -0.1) is 0 Å². The minimum atomic E-state index is -0.820. The third kappa shape index (κ3) is 4.84. The van der Waals surface area contributed by atoms with E-state index in [0.29, 0.717) is 31.6 Å². The van der Waals surface area contributed by atoms with Crippen molar-refractivity contribution in [2.45, 2.75) is 51.0 Å². The van der Waals surface area contributed by atoms with Gasteiger partial charge in [-0.05, 0) is 50.7 Å². The van der Waals surface area contributed by atoms with E-state index < -0.39 is 5.97 Å². The van der Waals surface area contributed by atoms with Crippen molar-refractivity contribution < 1.29 is 19.5 Å². The van der Waals surface area contributed by atoms with E-state index in [4.69, 9.17) is 5.11 Å². The summed E-state index contributed by atoms with van der Waals surface area (Å²) in [5.41, 5.74) is 0.593. The predicted molar refractivity (Wildman–Crippen MR) is 99.1 cm³/mol. The first kappa shape index (κ1) is 19.3. The average molecular weight is 373 g/mol. The third-order valence-electron chi connectivity index (χ3n) is 5.59. The highest BCUT2D eigenvalue weighted by Gasteiger charge is 2.35. The minimum absolute atomic E-state index is 0.00799. The first-order valence-electron chi connectivity index (χ1n) is 9.78. The summed E-state index contributed by atoms with van der Waals surface area (Å²) >= 11 is 0. The van der Waals surface area contributed by atoms with Crippen molar-refractivity contribution in [3.05, 3.63) is 30.1 Å².